The largest absolute Gasteiger partial charge is 0.497 e. The molecule has 2 aromatic rings. The summed E-state index contributed by atoms with van der Waals surface area (Å²) < 4.78 is 16.1. The number of carbonyl (C=O) groups excluding carboxylic acids is 3. The average molecular weight is 485 g/mol. The molecule has 0 bridgehead atoms. The summed E-state index contributed by atoms with van der Waals surface area (Å²) in [5, 5.41) is 3.38. The summed E-state index contributed by atoms with van der Waals surface area (Å²) >= 11 is 1.56. The van der Waals surface area contributed by atoms with Crippen LogP contribution in [0.4, 0.5) is 5.69 Å². The van der Waals surface area contributed by atoms with Crippen molar-refractivity contribution in [2.24, 2.45) is 11.8 Å². The van der Waals surface area contributed by atoms with Gasteiger partial charge < -0.3 is 14.2 Å². The average Bonchev–Trinajstić information content (AvgIpc) is 3.36. The van der Waals surface area contributed by atoms with Gasteiger partial charge in [0, 0.05) is 17.7 Å². The summed E-state index contributed by atoms with van der Waals surface area (Å²) in [7, 11) is 4.39. The lowest BCUT2D eigenvalue weighted by Gasteiger charge is -2.32. The molecule has 2 aliphatic rings. The summed E-state index contributed by atoms with van der Waals surface area (Å²) in [6, 6.07) is 13.4. The monoisotopic (exact) mass is 484 g/mol. The highest BCUT2D eigenvalue weighted by Crippen LogP contribution is 2.53. The number of carbonyl (C=O) groups is 3. The van der Waals surface area contributed by atoms with Crippen molar-refractivity contribution in [2.45, 2.75) is 18.0 Å². The third-order valence-corrected chi connectivity index (χ3v) is 7.31. The molecular weight excluding hydrogens is 456 g/mol. The van der Waals surface area contributed by atoms with Gasteiger partial charge in [0.2, 0.25) is 11.8 Å². The summed E-state index contributed by atoms with van der Waals surface area (Å²) in [4.78, 5) is 42.1. The molecule has 4 rings (SSSR count). The molecule has 0 spiro atoms. The first-order valence-corrected chi connectivity index (χ1v) is 12.3. The van der Waals surface area contributed by atoms with Crippen LogP contribution in [0, 0.1) is 11.8 Å². The van der Waals surface area contributed by atoms with Crippen LogP contribution in [0.5, 0.6) is 11.5 Å². The zero-order valence-corrected chi connectivity index (χ0v) is 20.4. The SMILES string of the molecule is COC(=O)[C@@]1(CCSC)N[C@@H](c2ccc(OC)cc2OC)[C@H]2C(=O)N(c3ccccc3)C(=O)[C@H]21. The number of hydrogen-bond acceptors (Lipinski definition) is 8. The minimum absolute atomic E-state index is 0.332. The molecule has 4 atom stereocenters. The van der Waals surface area contributed by atoms with Crippen molar-refractivity contribution >= 4 is 35.2 Å². The van der Waals surface area contributed by atoms with Gasteiger partial charge in [0.25, 0.3) is 0 Å². The molecule has 0 unspecified atom stereocenters. The number of nitrogens with one attached hydrogen (secondary N) is 1. The lowest BCUT2D eigenvalue weighted by molar-refractivity contribution is -0.152. The lowest BCUT2D eigenvalue weighted by Crippen LogP contribution is -2.56. The number of hydrogen-bond donors (Lipinski definition) is 1. The van der Waals surface area contributed by atoms with E-state index in [9.17, 15) is 14.4 Å². The number of amides is 2. The van der Waals surface area contributed by atoms with Crippen molar-refractivity contribution in [1.29, 1.82) is 0 Å². The Morgan fingerprint density at radius 3 is 2.41 bits per heavy atom. The number of methoxy groups -OCH3 is 3. The van der Waals surface area contributed by atoms with Gasteiger partial charge in [0.15, 0.2) is 0 Å². The van der Waals surface area contributed by atoms with Gasteiger partial charge in [0.05, 0.1) is 38.9 Å². The van der Waals surface area contributed by atoms with E-state index < -0.39 is 35.3 Å². The van der Waals surface area contributed by atoms with E-state index in [0.29, 0.717) is 34.9 Å². The van der Waals surface area contributed by atoms with Crippen LogP contribution in [-0.2, 0) is 19.1 Å². The van der Waals surface area contributed by atoms with Gasteiger partial charge in [-0.1, -0.05) is 24.3 Å². The third-order valence-electron chi connectivity index (χ3n) is 6.69. The maximum atomic E-state index is 13.8. The first-order chi connectivity index (χ1) is 16.4. The highest BCUT2D eigenvalue weighted by atomic mass is 32.2. The first kappa shape index (κ1) is 24.1. The van der Waals surface area contributed by atoms with Gasteiger partial charge in [-0.15, -0.1) is 0 Å². The maximum Gasteiger partial charge on any atom is 0.326 e. The lowest BCUT2D eigenvalue weighted by atomic mass is 9.77. The minimum atomic E-state index is -1.35. The molecule has 2 saturated heterocycles. The van der Waals surface area contributed by atoms with Gasteiger partial charge in [-0.25, -0.2) is 4.90 Å². The van der Waals surface area contributed by atoms with Crippen molar-refractivity contribution in [3.05, 3.63) is 54.1 Å². The topological polar surface area (TPSA) is 94.2 Å². The van der Waals surface area contributed by atoms with E-state index in [1.807, 2.05) is 12.3 Å². The van der Waals surface area contributed by atoms with E-state index in [1.54, 1.807) is 61.3 Å². The fourth-order valence-corrected chi connectivity index (χ4v) is 5.67. The van der Waals surface area contributed by atoms with Crippen LogP contribution in [0.1, 0.15) is 18.0 Å². The summed E-state index contributed by atoms with van der Waals surface area (Å²) in [6.07, 6.45) is 2.26. The molecule has 1 N–H and O–H groups in total. The number of ether oxygens (including phenoxy) is 3. The molecule has 180 valence electrons. The number of fused-ring (bicyclic) bond motifs is 1. The fraction of sp³-hybridized carbons (Fsp3) is 0.400. The molecule has 0 radical (unpaired) electrons. The Morgan fingerprint density at radius 2 is 1.79 bits per heavy atom. The molecule has 2 amide bonds. The van der Waals surface area contributed by atoms with Crippen LogP contribution < -0.4 is 19.7 Å². The molecule has 2 aliphatic heterocycles. The number of imide groups is 1. The van der Waals surface area contributed by atoms with Crippen LogP contribution in [0.25, 0.3) is 0 Å². The Bertz CT molecular complexity index is 1090. The predicted octanol–water partition coefficient (Wildman–Crippen LogP) is 2.82. The number of anilines is 1. The van der Waals surface area contributed by atoms with Gasteiger partial charge >= 0.3 is 5.97 Å². The van der Waals surface area contributed by atoms with Crippen molar-refractivity contribution < 1.29 is 28.6 Å². The molecule has 0 aliphatic carbocycles. The second-order valence-corrected chi connectivity index (χ2v) is 9.27. The van der Waals surface area contributed by atoms with E-state index in [0.717, 1.165) is 0 Å². The molecule has 0 aromatic heterocycles. The number of thioether (sulfide) groups is 1. The van der Waals surface area contributed by atoms with Crippen LogP contribution >= 0.6 is 11.8 Å². The standard InChI is InChI=1S/C25H28N2O6S/c1-31-16-10-11-17(18(14-16)32-2)21-19-20(25(26-21,12-13-34-4)24(30)33-3)23(29)27(22(19)28)15-8-6-5-7-9-15/h5-11,14,19-21,26H,12-13H2,1-4H3/t19-,20-,21-,25-/m0/s1. The first-order valence-electron chi connectivity index (χ1n) is 10.9. The fourth-order valence-electron chi connectivity index (χ4n) is 5.14. The second-order valence-electron chi connectivity index (χ2n) is 8.29. The number of benzene rings is 2. The van der Waals surface area contributed by atoms with E-state index >= 15 is 0 Å². The third kappa shape index (κ3) is 3.73. The number of nitrogens with zero attached hydrogens (tertiary/aromatic N) is 1. The van der Waals surface area contributed by atoms with Crippen LogP contribution in [0.3, 0.4) is 0 Å². The summed E-state index contributed by atoms with van der Waals surface area (Å²) in [5.74, 6) is -1.35. The molecule has 9 heteroatoms. The Labute approximate surface area is 202 Å². The van der Waals surface area contributed by atoms with E-state index in [2.05, 4.69) is 5.32 Å². The van der Waals surface area contributed by atoms with Crippen molar-refractivity contribution in [1.82, 2.24) is 5.32 Å². The molecule has 34 heavy (non-hydrogen) atoms. The van der Waals surface area contributed by atoms with Crippen LogP contribution in [0.15, 0.2) is 48.5 Å². The van der Waals surface area contributed by atoms with Crippen molar-refractivity contribution in [3.63, 3.8) is 0 Å². The molecule has 2 fully saturated rings. The van der Waals surface area contributed by atoms with Crippen molar-refractivity contribution in [3.8, 4) is 11.5 Å². The Hall–Kier alpha value is -3.04. The minimum Gasteiger partial charge on any atom is -0.497 e. The molecule has 8 nitrogen and oxygen atoms in total. The number of esters is 1. The number of rotatable bonds is 8. The van der Waals surface area contributed by atoms with Gasteiger partial charge in [0.1, 0.15) is 17.0 Å². The Kier molecular flexibility index (Phi) is 6.86. The van der Waals surface area contributed by atoms with Crippen LogP contribution in [0.2, 0.25) is 0 Å². The smallest absolute Gasteiger partial charge is 0.326 e. The molecule has 2 aromatic carbocycles. The predicted molar refractivity (Wildman–Crippen MR) is 129 cm³/mol. The normalized spacial score (nSPS) is 25.9. The zero-order chi connectivity index (χ0) is 24.5. The van der Waals surface area contributed by atoms with Gasteiger partial charge in [-0.3, -0.25) is 19.7 Å². The quantitative estimate of drug-likeness (QED) is 0.452. The Balaban J connectivity index is 1.89. The van der Waals surface area contributed by atoms with E-state index in [-0.39, 0.29) is 5.91 Å². The maximum absolute atomic E-state index is 13.8. The Morgan fingerprint density at radius 1 is 1.06 bits per heavy atom. The zero-order valence-electron chi connectivity index (χ0n) is 19.6. The second kappa shape index (κ2) is 9.68. The van der Waals surface area contributed by atoms with Crippen molar-refractivity contribution in [2.75, 3.05) is 38.2 Å². The van der Waals surface area contributed by atoms with E-state index in [4.69, 9.17) is 14.2 Å². The van der Waals surface area contributed by atoms with Gasteiger partial charge in [-0.2, -0.15) is 11.8 Å². The van der Waals surface area contributed by atoms with E-state index in [1.165, 1.54) is 19.1 Å². The highest BCUT2D eigenvalue weighted by Gasteiger charge is 2.69. The summed E-state index contributed by atoms with van der Waals surface area (Å²) in [6.45, 7) is 0. The molecular formula is C25H28N2O6S. The molecule has 0 saturated carbocycles. The van der Waals surface area contributed by atoms with Crippen LogP contribution in [-0.4, -0.2) is 56.7 Å². The number of para-hydroxylation sites is 1. The summed E-state index contributed by atoms with van der Waals surface area (Å²) in [5.41, 5.74) is -0.200. The highest BCUT2D eigenvalue weighted by molar-refractivity contribution is 7.98. The molecule has 2 heterocycles. The van der Waals surface area contributed by atoms with Gasteiger partial charge in [-0.05, 0) is 36.6 Å².